The van der Waals surface area contributed by atoms with Crippen LogP contribution in [0.4, 0.5) is 0 Å². The number of thiocarbonyl (C=S) groups is 1. The van der Waals surface area contributed by atoms with Gasteiger partial charge in [0, 0.05) is 32.1 Å². The van der Waals surface area contributed by atoms with Gasteiger partial charge in [-0.05, 0) is 11.6 Å². The fourth-order valence-corrected chi connectivity index (χ4v) is 2.57. The number of nitrogens with zero attached hydrogens (tertiary/aromatic N) is 1. The van der Waals surface area contributed by atoms with Crippen molar-refractivity contribution in [3.63, 3.8) is 0 Å². The molecule has 1 aromatic heterocycles. The molecule has 0 radical (unpaired) electrons. The Morgan fingerprint density at radius 2 is 2.30 bits per heavy atom. The van der Waals surface area contributed by atoms with Gasteiger partial charge in [0.05, 0.1) is 16.0 Å². The summed E-state index contributed by atoms with van der Waals surface area (Å²) in [5.41, 5.74) is 3.31. The Bertz CT molecular complexity index is 638. The van der Waals surface area contributed by atoms with Gasteiger partial charge < -0.3 is 15.2 Å². The third-order valence-corrected chi connectivity index (χ3v) is 3.63. The predicted molar refractivity (Wildman–Crippen MR) is 86.3 cm³/mol. The standard InChI is InChI=1S/C14H16ClN3OS/c1-18(2)14(19)12(17-8-20)6-9-7-16-13-10(9)4-3-5-11(13)15/h3-5,7-8,12,16H,6H2,1-2H3,(H,17,20). The minimum Gasteiger partial charge on any atom is -0.371 e. The van der Waals surface area contributed by atoms with Gasteiger partial charge in [0.2, 0.25) is 5.91 Å². The zero-order valence-electron chi connectivity index (χ0n) is 11.3. The highest BCUT2D eigenvalue weighted by Crippen LogP contribution is 2.26. The Labute approximate surface area is 128 Å². The highest BCUT2D eigenvalue weighted by Gasteiger charge is 2.21. The van der Waals surface area contributed by atoms with Crippen molar-refractivity contribution >= 4 is 46.1 Å². The van der Waals surface area contributed by atoms with E-state index in [2.05, 4.69) is 10.3 Å². The number of carbonyl (C=O) groups is 1. The molecule has 0 aliphatic carbocycles. The number of rotatable bonds is 5. The number of amides is 1. The fourth-order valence-electron chi connectivity index (χ4n) is 2.18. The van der Waals surface area contributed by atoms with E-state index < -0.39 is 0 Å². The van der Waals surface area contributed by atoms with Crippen LogP contribution in [0.15, 0.2) is 24.4 Å². The molecule has 1 aromatic carbocycles. The number of para-hydroxylation sites is 1. The van der Waals surface area contributed by atoms with Crippen molar-refractivity contribution in [1.29, 1.82) is 0 Å². The maximum absolute atomic E-state index is 12.1. The zero-order chi connectivity index (χ0) is 14.7. The average Bonchev–Trinajstić information content (AvgIpc) is 2.82. The van der Waals surface area contributed by atoms with E-state index in [4.69, 9.17) is 23.8 Å². The molecule has 6 heteroatoms. The van der Waals surface area contributed by atoms with Crippen LogP contribution in [-0.4, -0.2) is 41.4 Å². The zero-order valence-corrected chi connectivity index (χ0v) is 12.9. The molecule has 1 atom stereocenters. The first-order chi connectivity index (χ1) is 9.54. The van der Waals surface area contributed by atoms with E-state index in [9.17, 15) is 4.79 Å². The molecule has 2 aromatic rings. The normalized spacial score (nSPS) is 12.2. The molecule has 1 heterocycles. The molecule has 0 bridgehead atoms. The van der Waals surface area contributed by atoms with E-state index >= 15 is 0 Å². The smallest absolute Gasteiger partial charge is 0.244 e. The van der Waals surface area contributed by atoms with Crippen LogP contribution >= 0.6 is 23.8 Å². The summed E-state index contributed by atoms with van der Waals surface area (Å²) in [4.78, 5) is 16.8. The molecule has 0 spiro atoms. The monoisotopic (exact) mass is 309 g/mol. The van der Waals surface area contributed by atoms with Crippen molar-refractivity contribution in [2.24, 2.45) is 0 Å². The van der Waals surface area contributed by atoms with Crippen LogP contribution in [0.25, 0.3) is 10.9 Å². The van der Waals surface area contributed by atoms with Gasteiger partial charge in [0.25, 0.3) is 0 Å². The minimum atomic E-state index is -0.375. The number of likely N-dealkylation sites (N-methyl/N-ethyl adjacent to an activating group) is 1. The first-order valence-corrected chi connectivity index (χ1v) is 7.05. The predicted octanol–water partition coefficient (Wildman–Crippen LogP) is 2.37. The lowest BCUT2D eigenvalue weighted by Gasteiger charge is -2.20. The number of fused-ring (bicyclic) bond motifs is 1. The van der Waals surface area contributed by atoms with Gasteiger partial charge >= 0.3 is 0 Å². The van der Waals surface area contributed by atoms with Gasteiger partial charge in [-0.3, -0.25) is 4.79 Å². The van der Waals surface area contributed by atoms with Crippen molar-refractivity contribution in [2.45, 2.75) is 12.5 Å². The van der Waals surface area contributed by atoms with Crippen molar-refractivity contribution in [1.82, 2.24) is 15.2 Å². The Hall–Kier alpha value is -1.59. The number of hydrogen-bond acceptors (Lipinski definition) is 2. The molecule has 20 heavy (non-hydrogen) atoms. The first kappa shape index (κ1) is 14.8. The minimum absolute atomic E-state index is 0.0116. The lowest BCUT2D eigenvalue weighted by Crippen LogP contribution is -2.44. The van der Waals surface area contributed by atoms with E-state index in [0.29, 0.717) is 11.4 Å². The Balaban J connectivity index is 2.31. The topological polar surface area (TPSA) is 48.1 Å². The molecule has 1 amide bonds. The molecule has 0 aliphatic heterocycles. The number of hydrogen-bond donors (Lipinski definition) is 2. The number of aromatic nitrogens is 1. The van der Waals surface area contributed by atoms with Gasteiger partial charge in [-0.2, -0.15) is 0 Å². The highest BCUT2D eigenvalue weighted by atomic mass is 35.5. The Kier molecular flexibility index (Phi) is 4.62. The molecule has 1 unspecified atom stereocenters. The number of benzene rings is 1. The molecule has 0 fully saturated rings. The van der Waals surface area contributed by atoms with Crippen molar-refractivity contribution < 1.29 is 4.79 Å². The number of H-pyrrole nitrogens is 1. The highest BCUT2D eigenvalue weighted by molar-refractivity contribution is 7.78. The number of carbonyl (C=O) groups excluding carboxylic acids is 1. The van der Waals surface area contributed by atoms with Crippen LogP contribution in [-0.2, 0) is 11.2 Å². The first-order valence-electron chi connectivity index (χ1n) is 6.20. The van der Waals surface area contributed by atoms with Gasteiger partial charge in [0.15, 0.2) is 0 Å². The summed E-state index contributed by atoms with van der Waals surface area (Å²) in [6, 6.07) is 5.35. The third-order valence-electron chi connectivity index (χ3n) is 3.18. The van der Waals surface area contributed by atoms with Crippen LogP contribution in [0.2, 0.25) is 5.02 Å². The Morgan fingerprint density at radius 1 is 1.55 bits per heavy atom. The molecule has 2 N–H and O–H groups in total. The molecule has 0 saturated heterocycles. The van der Waals surface area contributed by atoms with Crippen LogP contribution in [0, 0.1) is 0 Å². The average molecular weight is 310 g/mol. The van der Waals surface area contributed by atoms with E-state index in [-0.39, 0.29) is 11.9 Å². The van der Waals surface area contributed by atoms with Crippen LogP contribution in [0.1, 0.15) is 5.56 Å². The van der Waals surface area contributed by atoms with Gasteiger partial charge in [-0.1, -0.05) is 36.0 Å². The summed E-state index contributed by atoms with van der Waals surface area (Å²) >= 11 is 10.9. The quantitative estimate of drug-likeness (QED) is 0.834. The molecule has 4 nitrogen and oxygen atoms in total. The molecule has 0 aliphatic rings. The summed E-state index contributed by atoms with van der Waals surface area (Å²) < 4.78 is 0. The number of nitrogens with one attached hydrogen (secondary N) is 2. The summed E-state index contributed by atoms with van der Waals surface area (Å²) in [6.45, 7) is 0. The lowest BCUT2D eigenvalue weighted by molar-refractivity contribution is -0.130. The van der Waals surface area contributed by atoms with E-state index in [1.807, 2.05) is 24.4 Å². The van der Waals surface area contributed by atoms with Gasteiger partial charge in [-0.15, -0.1) is 0 Å². The second-order valence-electron chi connectivity index (χ2n) is 4.75. The SMILES string of the molecule is CN(C)C(=O)C(Cc1c[nH]c2c(Cl)cccc12)NC=S. The summed E-state index contributed by atoms with van der Waals surface area (Å²) in [5, 5.41) is 4.63. The molecule has 106 valence electrons. The second-order valence-corrected chi connectivity index (χ2v) is 5.39. The maximum Gasteiger partial charge on any atom is 0.244 e. The van der Waals surface area contributed by atoms with Gasteiger partial charge in [0.1, 0.15) is 6.04 Å². The summed E-state index contributed by atoms with van der Waals surface area (Å²) in [6.07, 6.45) is 2.43. The van der Waals surface area contributed by atoms with Crippen LogP contribution in [0.3, 0.4) is 0 Å². The second kappa shape index (κ2) is 6.24. The molecular formula is C14H16ClN3OS. The van der Waals surface area contributed by atoms with Crippen LogP contribution < -0.4 is 5.32 Å². The van der Waals surface area contributed by atoms with Crippen LogP contribution in [0.5, 0.6) is 0 Å². The van der Waals surface area contributed by atoms with Gasteiger partial charge in [-0.25, -0.2) is 0 Å². The van der Waals surface area contributed by atoms with E-state index in [0.717, 1.165) is 16.5 Å². The fraction of sp³-hybridized carbons (Fsp3) is 0.286. The lowest BCUT2D eigenvalue weighted by atomic mass is 10.0. The largest absolute Gasteiger partial charge is 0.371 e. The van der Waals surface area contributed by atoms with Crippen molar-refractivity contribution in [3.05, 3.63) is 35.0 Å². The van der Waals surface area contributed by atoms with Crippen molar-refractivity contribution in [2.75, 3.05) is 14.1 Å². The molecular weight excluding hydrogens is 294 g/mol. The molecule has 0 saturated carbocycles. The Morgan fingerprint density at radius 3 is 2.95 bits per heavy atom. The summed E-state index contributed by atoms with van der Waals surface area (Å²) in [7, 11) is 3.46. The van der Waals surface area contributed by atoms with Crippen molar-refractivity contribution in [3.8, 4) is 0 Å². The van der Waals surface area contributed by atoms with E-state index in [1.54, 1.807) is 19.0 Å². The molecule has 2 rings (SSSR count). The third kappa shape index (κ3) is 2.94. The summed E-state index contributed by atoms with van der Waals surface area (Å²) in [5.74, 6) is -0.0116. The number of aromatic amines is 1. The van der Waals surface area contributed by atoms with E-state index in [1.165, 1.54) is 5.49 Å². The maximum atomic E-state index is 12.1. The number of halogens is 1.